The fraction of sp³-hybridized carbons (Fsp3) is 0.909. The molecule has 2 bridgehead atoms. The number of allylic oxidation sites excluding steroid dienone is 1. The van der Waals surface area contributed by atoms with Crippen LogP contribution in [0, 0.1) is 22.2 Å². The van der Waals surface area contributed by atoms with Crippen LogP contribution in [0.4, 0.5) is 0 Å². The number of hydrogen-bond acceptors (Lipinski definition) is 2. The van der Waals surface area contributed by atoms with Crippen LogP contribution in [0.2, 0.25) is 18.1 Å². The summed E-state index contributed by atoms with van der Waals surface area (Å²) in [6.45, 7) is 25.0. The van der Waals surface area contributed by atoms with Gasteiger partial charge in [-0.2, -0.15) is 0 Å². The van der Waals surface area contributed by atoms with Crippen molar-refractivity contribution in [1.29, 1.82) is 0 Å². The summed E-state index contributed by atoms with van der Waals surface area (Å²) < 4.78 is 6.93. The predicted octanol–water partition coefficient (Wildman–Crippen LogP) is 6.17. The minimum atomic E-state index is -1.87. The summed E-state index contributed by atoms with van der Waals surface area (Å²) in [4.78, 5) is 0. The highest BCUT2D eigenvalue weighted by Gasteiger charge is 2.69. The molecule has 2 aliphatic carbocycles. The Balaban J connectivity index is 2.48. The normalized spacial score (nSPS) is 41.4. The number of aliphatic hydroxyl groups is 1. The highest BCUT2D eigenvalue weighted by atomic mass is 28.4. The number of aliphatic hydroxyl groups excluding tert-OH is 1. The second kappa shape index (κ2) is 6.20. The Hall–Kier alpha value is -0.123. The molecule has 2 rings (SSSR count). The molecule has 0 radical (unpaired) electrons. The van der Waals surface area contributed by atoms with Crippen LogP contribution in [0.3, 0.4) is 0 Å². The summed E-state index contributed by atoms with van der Waals surface area (Å²) in [5, 5.41) is 11.7. The standard InChI is InChI=1S/C22H42O2Si/c1-11-14-21(7)18(23)17-16(24-25(9,10)19(2,3)4)13-12-15-22(21,8)20(17,5)6/h11,16-18,23H,1,12-15H2,2-10H3/t16-,17-,18?,21-,22-/m1/s1. The van der Waals surface area contributed by atoms with Crippen molar-refractivity contribution in [3.8, 4) is 0 Å². The topological polar surface area (TPSA) is 29.5 Å². The molecule has 0 heterocycles. The lowest BCUT2D eigenvalue weighted by atomic mass is 9.55. The molecule has 0 spiro atoms. The smallest absolute Gasteiger partial charge is 0.192 e. The fourth-order valence-electron chi connectivity index (χ4n) is 5.67. The first-order valence-corrected chi connectivity index (χ1v) is 13.0. The van der Waals surface area contributed by atoms with Gasteiger partial charge in [0, 0.05) is 11.3 Å². The molecule has 0 aromatic heterocycles. The van der Waals surface area contributed by atoms with E-state index in [-0.39, 0.29) is 39.4 Å². The first-order valence-electron chi connectivity index (χ1n) is 10.1. The molecule has 2 fully saturated rings. The Morgan fingerprint density at radius 1 is 1.20 bits per heavy atom. The largest absolute Gasteiger partial charge is 0.414 e. The van der Waals surface area contributed by atoms with Crippen molar-refractivity contribution in [2.45, 2.75) is 104 Å². The molecular formula is C22H42O2Si. The molecule has 0 saturated heterocycles. The minimum Gasteiger partial charge on any atom is -0.414 e. The van der Waals surface area contributed by atoms with E-state index in [1.165, 1.54) is 6.42 Å². The van der Waals surface area contributed by atoms with Gasteiger partial charge in [0.15, 0.2) is 8.32 Å². The second-order valence-corrected chi connectivity index (χ2v) is 16.0. The zero-order chi connectivity index (χ0) is 19.5. The van der Waals surface area contributed by atoms with Crippen LogP contribution < -0.4 is 0 Å². The maximum atomic E-state index is 11.5. The van der Waals surface area contributed by atoms with Crippen molar-refractivity contribution in [2.24, 2.45) is 22.2 Å². The van der Waals surface area contributed by atoms with Crippen LogP contribution in [-0.2, 0) is 4.43 Å². The van der Waals surface area contributed by atoms with Gasteiger partial charge in [-0.15, -0.1) is 6.58 Å². The molecule has 2 aliphatic rings. The van der Waals surface area contributed by atoms with Gasteiger partial charge in [-0.3, -0.25) is 0 Å². The maximum absolute atomic E-state index is 11.5. The van der Waals surface area contributed by atoms with E-state index in [1.54, 1.807) is 0 Å². The fourth-order valence-corrected chi connectivity index (χ4v) is 7.04. The van der Waals surface area contributed by atoms with E-state index in [9.17, 15) is 5.11 Å². The maximum Gasteiger partial charge on any atom is 0.192 e. The molecule has 3 heteroatoms. The SMILES string of the molecule is C=CC[C@]1(C)C(O)[C@H]2[C@H](O[Si](C)(C)C(C)(C)C)CCC[C@]1(C)C2(C)C. The molecule has 0 aromatic carbocycles. The van der Waals surface area contributed by atoms with Crippen LogP contribution in [-0.4, -0.2) is 25.6 Å². The molecule has 0 amide bonds. The summed E-state index contributed by atoms with van der Waals surface area (Å²) in [5.74, 6) is 0.194. The molecule has 0 aliphatic heterocycles. The second-order valence-electron chi connectivity index (χ2n) is 11.2. The van der Waals surface area contributed by atoms with Crippen LogP contribution in [0.25, 0.3) is 0 Å². The summed E-state index contributed by atoms with van der Waals surface area (Å²) >= 11 is 0. The van der Waals surface area contributed by atoms with Crippen LogP contribution in [0.1, 0.15) is 74.1 Å². The van der Waals surface area contributed by atoms with Crippen LogP contribution in [0.15, 0.2) is 12.7 Å². The third kappa shape index (κ3) is 2.89. The van der Waals surface area contributed by atoms with E-state index < -0.39 is 8.32 Å². The van der Waals surface area contributed by atoms with Gasteiger partial charge in [-0.05, 0) is 48.2 Å². The first-order chi connectivity index (χ1) is 11.2. The summed E-state index contributed by atoms with van der Waals surface area (Å²) in [7, 11) is -1.87. The highest BCUT2D eigenvalue weighted by Crippen LogP contribution is 2.71. The van der Waals surface area contributed by atoms with Gasteiger partial charge in [0.05, 0.1) is 12.2 Å². The summed E-state index contributed by atoms with van der Waals surface area (Å²) in [5.41, 5.74) is 0.0237. The van der Waals surface area contributed by atoms with Crippen molar-refractivity contribution in [1.82, 2.24) is 0 Å². The van der Waals surface area contributed by atoms with E-state index in [2.05, 4.69) is 68.1 Å². The lowest BCUT2D eigenvalue weighted by molar-refractivity contribution is -0.0488. The summed E-state index contributed by atoms with van der Waals surface area (Å²) in [6, 6.07) is 0. The van der Waals surface area contributed by atoms with Crippen LogP contribution >= 0.6 is 0 Å². The molecule has 146 valence electrons. The predicted molar refractivity (Wildman–Crippen MR) is 110 cm³/mol. The lowest BCUT2D eigenvalue weighted by Crippen LogP contribution is -2.49. The molecule has 5 atom stereocenters. The Labute approximate surface area is 157 Å². The van der Waals surface area contributed by atoms with Crippen molar-refractivity contribution >= 4 is 8.32 Å². The zero-order valence-corrected chi connectivity index (χ0v) is 19.2. The van der Waals surface area contributed by atoms with Gasteiger partial charge in [-0.1, -0.05) is 61.0 Å². The molecule has 25 heavy (non-hydrogen) atoms. The van der Waals surface area contributed by atoms with Gasteiger partial charge in [-0.25, -0.2) is 0 Å². The van der Waals surface area contributed by atoms with Crippen molar-refractivity contribution in [2.75, 3.05) is 0 Å². The van der Waals surface area contributed by atoms with Crippen LogP contribution in [0.5, 0.6) is 0 Å². The van der Waals surface area contributed by atoms with E-state index in [4.69, 9.17) is 4.43 Å². The van der Waals surface area contributed by atoms with E-state index >= 15 is 0 Å². The van der Waals surface area contributed by atoms with Gasteiger partial charge >= 0.3 is 0 Å². The highest BCUT2D eigenvalue weighted by molar-refractivity contribution is 6.74. The van der Waals surface area contributed by atoms with Gasteiger partial charge in [0.1, 0.15) is 0 Å². The van der Waals surface area contributed by atoms with Crippen molar-refractivity contribution in [3.05, 3.63) is 12.7 Å². The quantitative estimate of drug-likeness (QED) is 0.476. The molecule has 1 unspecified atom stereocenters. The Kier molecular flexibility index (Phi) is 5.26. The number of fused-ring (bicyclic) bond motifs is 2. The van der Waals surface area contributed by atoms with Gasteiger partial charge in [0.25, 0.3) is 0 Å². The summed E-state index contributed by atoms with van der Waals surface area (Å²) in [6.07, 6.45) is 6.14. The van der Waals surface area contributed by atoms with Gasteiger partial charge < -0.3 is 9.53 Å². The molecule has 2 nitrogen and oxygen atoms in total. The van der Waals surface area contributed by atoms with Crippen molar-refractivity contribution < 1.29 is 9.53 Å². The third-order valence-electron chi connectivity index (χ3n) is 8.90. The average Bonchev–Trinajstić information content (AvgIpc) is 2.50. The average molecular weight is 367 g/mol. The molecule has 1 N–H and O–H groups in total. The zero-order valence-electron chi connectivity index (χ0n) is 18.2. The Morgan fingerprint density at radius 2 is 1.76 bits per heavy atom. The molecule has 2 saturated carbocycles. The Bertz CT molecular complexity index is 519. The van der Waals surface area contributed by atoms with Gasteiger partial charge in [0.2, 0.25) is 0 Å². The minimum absolute atomic E-state index is 0.0493. The van der Waals surface area contributed by atoms with Crippen molar-refractivity contribution in [3.63, 3.8) is 0 Å². The van der Waals surface area contributed by atoms with E-state index in [0.29, 0.717) is 0 Å². The number of rotatable bonds is 4. The van der Waals surface area contributed by atoms with E-state index in [1.807, 2.05) is 6.08 Å². The third-order valence-corrected chi connectivity index (χ3v) is 13.4. The number of hydrogen-bond donors (Lipinski definition) is 1. The molecular weight excluding hydrogens is 324 g/mol. The Morgan fingerprint density at radius 3 is 2.24 bits per heavy atom. The monoisotopic (exact) mass is 366 g/mol. The first kappa shape index (κ1) is 21.2. The van der Waals surface area contributed by atoms with E-state index in [0.717, 1.165) is 19.3 Å². The lowest BCUT2D eigenvalue weighted by Gasteiger charge is -2.49. The molecule has 0 aromatic rings.